The summed E-state index contributed by atoms with van der Waals surface area (Å²) in [5.74, 6) is 1.83. The summed E-state index contributed by atoms with van der Waals surface area (Å²) < 4.78 is 0. The van der Waals surface area contributed by atoms with Crippen LogP contribution in [0.2, 0.25) is 5.02 Å². The molecule has 0 radical (unpaired) electrons. The van der Waals surface area contributed by atoms with Crippen molar-refractivity contribution in [2.45, 2.75) is 32.9 Å². The second-order valence-electron chi connectivity index (χ2n) is 11.0. The van der Waals surface area contributed by atoms with E-state index in [0.717, 1.165) is 44.0 Å². The fourth-order valence-electron chi connectivity index (χ4n) is 4.82. The third-order valence-electron chi connectivity index (χ3n) is 7.49. The maximum atomic E-state index is 13.0. The Hall–Kier alpha value is -3.40. The number of carbonyl (C=O) groups excluding carboxylic acids is 2. The van der Waals surface area contributed by atoms with Crippen LogP contribution in [0.25, 0.3) is 0 Å². The number of anilines is 4. The number of benzene rings is 1. The Morgan fingerprint density at radius 3 is 2.63 bits per heavy atom. The number of amides is 2. The van der Waals surface area contributed by atoms with Gasteiger partial charge in [0.2, 0.25) is 5.91 Å². The van der Waals surface area contributed by atoms with E-state index in [-0.39, 0.29) is 17.5 Å². The van der Waals surface area contributed by atoms with Crippen molar-refractivity contribution in [1.82, 2.24) is 35.6 Å². The quantitative estimate of drug-likeness (QED) is 0.186. The number of hydrazine groups is 1. The number of nitrogens with one attached hydrogen (secondary N) is 4. The third-order valence-corrected chi connectivity index (χ3v) is 8.72. The molecule has 4 heterocycles. The lowest BCUT2D eigenvalue weighted by atomic mass is 10.2. The highest BCUT2D eigenvalue weighted by atomic mass is 35.5. The van der Waals surface area contributed by atoms with Crippen LogP contribution in [-0.2, 0) is 4.79 Å². The molecule has 230 valence electrons. The first kappa shape index (κ1) is 31.0. The van der Waals surface area contributed by atoms with Gasteiger partial charge in [0.15, 0.2) is 5.13 Å². The number of rotatable bonds is 12. The minimum absolute atomic E-state index is 0.0883. The highest BCUT2D eigenvalue weighted by molar-refractivity contribution is 7.17. The van der Waals surface area contributed by atoms with E-state index >= 15 is 0 Å². The second kappa shape index (κ2) is 13.5. The topological polar surface area (TPSA) is 176 Å². The molecule has 43 heavy (non-hydrogen) atoms. The first-order valence-corrected chi connectivity index (χ1v) is 15.5. The summed E-state index contributed by atoms with van der Waals surface area (Å²) in [6.07, 6.45) is 2.35. The number of nitrogens with two attached hydrogens (primary N) is 1. The molecule has 2 aromatic heterocycles. The van der Waals surface area contributed by atoms with Gasteiger partial charge in [-0.1, -0.05) is 35.1 Å². The molecule has 6 N–H and O–H groups in total. The lowest BCUT2D eigenvalue weighted by Gasteiger charge is -2.36. The zero-order valence-electron chi connectivity index (χ0n) is 24.6. The number of carbonyl (C=O) groups is 2. The van der Waals surface area contributed by atoms with Gasteiger partial charge in [0, 0.05) is 51.9 Å². The largest absolute Gasteiger partial charge is 0.354 e. The molecule has 0 unspecified atom stereocenters. The van der Waals surface area contributed by atoms with Crippen LogP contribution in [0, 0.1) is 13.8 Å². The van der Waals surface area contributed by atoms with E-state index in [1.165, 1.54) is 17.5 Å². The summed E-state index contributed by atoms with van der Waals surface area (Å²) in [6, 6.07) is 7.35. The molecule has 0 atom stereocenters. The van der Waals surface area contributed by atoms with Gasteiger partial charge in [-0.3, -0.25) is 14.5 Å². The van der Waals surface area contributed by atoms with Gasteiger partial charge in [-0.15, -0.1) is 0 Å². The normalized spacial score (nSPS) is 16.2. The van der Waals surface area contributed by atoms with E-state index in [1.54, 1.807) is 6.07 Å². The minimum atomic E-state index is -0.282. The van der Waals surface area contributed by atoms with E-state index in [4.69, 9.17) is 17.3 Å². The standard InChI is InChI=1S/C28H38ClN11O2S/c1-18-5-4-6-20(29)25(18)35-26(42)21-16-31-27(43-21)34-22-15-23(33-19(2)32-22)39-13-11-38(12-14-39)17-24(41)40(10-8-30)9-7-28(3)36-37-28/h4-6,15-16,36-37H,7-14,17,30H2,1-3H3,(H,35,42)(H,31,32,33,34). The summed E-state index contributed by atoms with van der Waals surface area (Å²) in [5, 5.41) is 7.11. The SMILES string of the molecule is Cc1nc(Nc2ncc(C(=O)Nc3c(C)cccc3Cl)s2)cc(N2CCN(CC(=O)N(CCN)CCC3(C)NN3)CC2)n1. The van der Waals surface area contributed by atoms with E-state index in [9.17, 15) is 9.59 Å². The molecule has 1 aromatic carbocycles. The van der Waals surface area contributed by atoms with Crippen LogP contribution in [0.15, 0.2) is 30.5 Å². The van der Waals surface area contributed by atoms with Crippen LogP contribution < -0.4 is 32.1 Å². The molecule has 0 aliphatic carbocycles. The average Bonchev–Trinajstić information content (AvgIpc) is 3.53. The van der Waals surface area contributed by atoms with Gasteiger partial charge in [-0.25, -0.2) is 25.8 Å². The second-order valence-corrected chi connectivity index (χ2v) is 12.4. The Morgan fingerprint density at radius 2 is 1.93 bits per heavy atom. The minimum Gasteiger partial charge on any atom is -0.354 e. The molecule has 2 aliphatic heterocycles. The molecular formula is C28H38ClN11O2S. The number of hydrogen-bond acceptors (Lipinski definition) is 12. The third kappa shape index (κ3) is 8.16. The van der Waals surface area contributed by atoms with Crippen molar-refractivity contribution in [3.05, 3.63) is 51.7 Å². The van der Waals surface area contributed by atoms with Crippen molar-refractivity contribution in [2.75, 3.05) is 67.9 Å². The fourth-order valence-corrected chi connectivity index (χ4v) is 5.81. The van der Waals surface area contributed by atoms with Crippen molar-refractivity contribution in [2.24, 2.45) is 5.73 Å². The number of aromatic nitrogens is 3. The van der Waals surface area contributed by atoms with Crippen molar-refractivity contribution in [3.63, 3.8) is 0 Å². The number of aryl methyl sites for hydroxylation is 2. The van der Waals surface area contributed by atoms with Crippen molar-refractivity contribution in [1.29, 1.82) is 0 Å². The lowest BCUT2D eigenvalue weighted by molar-refractivity contribution is -0.132. The summed E-state index contributed by atoms with van der Waals surface area (Å²) in [6.45, 7) is 10.8. The van der Waals surface area contributed by atoms with Gasteiger partial charge in [0.1, 0.15) is 22.3 Å². The van der Waals surface area contributed by atoms with Crippen molar-refractivity contribution < 1.29 is 9.59 Å². The predicted octanol–water partition coefficient (Wildman–Crippen LogP) is 2.32. The van der Waals surface area contributed by atoms with E-state index in [2.05, 4.69) is 53.2 Å². The van der Waals surface area contributed by atoms with Gasteiger partial charge in [0.25, 0.3) is 5.91 Å². The number of nitrogens with zero attached hydrogens (tertiary/aromatic N) is 6. The van der Waals surface area contributed by atoms with E-state index < -0.39 is 0 Å². The Bertz CT molecular complexity index is 1440. The number of para-hydroxylation sites is 1. The molecule has 0 saturated carbocycles. The monoisotopic (exact) mass is 627 g/mol. The Balaban J connectivity index is 1.15. The van der Waals surface area contributed by atoms with Gasteiger partial charge >= 0.3 is 0 Å². The van der Waals surface area contributed by atoms with Crippen molar-refractivity contribution in [3.8, 4) is 0 Å². The maximum absolute atomic E-state index is 13.0. The van der Waals surface area contributed by atoms with E-state index in [0.29, 0.717) is 58.5 Å². The maximum Gasteiger partial charge on any atom is 0.267 e. The first-order chi connectivity index (χ1) is 20.6. The van der Waals surface area contributed by atoms with Crippen LogP contribution in [0.5, 0.6) is 0 Å². The number of piperazine rings is 1. The Morgan fingerprint density at radius 1 is 1.16 bits per heavy atom. The molecule has 2 amide bonds. The van der Waals surface area contributed by atoms with Gasteiger partial charge in [0.05, 0.1) is 29.1 Å². The van der Waals surface area contributed by atoms with Gasteiger partial charge in [-0.05, 0) is 38.8 Å². The Kier molecular flexibility index (Phi) is 9.74. The summed E-state index contributed by atoms with van der Waals surface area (Å²) in [7, 11) is 0. The molecule has 2 aliphatic rings. The smallest absolute Gasteiger partial charge is 0.267 e. The highest BCUT2D eigenvalue weighted by Crippen LogP contribution is 2.28. The molecule has 0 spiro atoms. The molecular weight excluding hydrogens is 590 g/mol. The molecule has 0 bridgehead atoms. The van der Waals surface area contributed by atoms with Crippen LogP contribution in [0.4, 0.5) is 22.5 Å². The van der Waals surface area contributed by atoms with E-state index in [1.807, 2.05) is 36.9 Å². The molecule has 3 aromatic rings. The Labute approximate surface area is 260 Å². The lowest BCUT2D eigenvalue weighted by Crippen LogP contribution is -2.51. The molecule has 15 heteroatoms. The van der Waals surface area contributed by atoms with Gasteiger partial charge < -0.3 is 26.2 Å². The van der Waals surface area contributed by atoms with Crippen LogP contribution in [0.1, 0.15) is 34.4 Å². The predicted molar refractivity (Wildman–Crippen MR) is 170 cm³/mol. The molecule has 13 nitrogen and oxygen atoms in total. The number of halogens is 1. The van der Waals surface area contributed by atoms with Crippen LogP contribution in [-0.4, -0.2) is 94.6 Å². The summed E-state index contributed by atoms with van der Waals surface area (Å²) in [4.78, 5) is 46.1. The van der Waals surface area contributed by atoms with Crippen LogP contribution in [0.3, 0.4) is 0 Å². The number of hydrogen-bond donors (Lipinski definition) is 5. The molecule has 2 saturated heterocycles. The van der Waals surface area contributed by atoms with Crippen LogP contribution >= 0.6 is 22.9 Å². The highest BCUT2D eigenvalue weighted by Gasteiger charge is 2.36. The summed E-state index contributed by atoms with van der Waals surface area (Å²) in [5.41, 5.74) is 13.4. The van der Waals surface area contributed by atoms with Gasteiger partial charge in [-0.2, -0.15) is 0 Å². The zero-order valence-corrected chi connectivity index (χ0v) is 26.2. The summed E-state index contributed by atoms with van der Waals surface area (Å²) >= 11 is 7.49. The zero-order chi connectivity index (χ0) is 30.6. The fraction of sp³-hybridized carbons (Fsp3) is 0.464. The first-order valence-electron chi connectivity index (χ1n) is 14.3. The van der Waals surface area contributed by atoms with Crippen molar-refractivity contribution >= 4 is 57.2 Å². The average molecular weight is 628 g/mol. The molecule has 5 rings (SSSR count). The number of thiazole rings is 1. The molecule has 2 fully saturated rings.